The summed E-state index contributed by atoms with van der Waals surface area (Å²) in [5.74, 6) is 1.63. The van der Waals surface area contributed by atoms with Gasteiger partial charge in [-0.05, 0) is 26.0 Å². The zero-order valence-electron chi connectivity index (χ0n) is 14.7. The number of halogens is 1. The molecule has 1 aromatic carbocycles. The molecule has 24 heavy (non-hydrogen) atoms. The Hall–Kier alpha value is -1.77. The van der Waals surface area contributed by atoms with E-state index in [-0.39, 0.29) is 24.0 Å². The van der Waals surface area contributed by atoms with Gasteiger partial charge in [-0.2, -0.15) is 5.10 Å². The Morgan fingerprint density at radius 1 is 1.21 bits per heavy atom. The van der Waals surface area contributed by atoms with Crippen LogP contribution < -0.4 is 15.4 Å². The third kappa shape index (κ3) is 5.70. The smallest absolute Gasteiger partial charge is 0.191 e. The van der Waals surface area contributed by atoms with Gasteiger partial charge in [-0.1, -0.05) is 18.2 Å². The molecule has 0 saturated heterocycles. The van der Waals surface area contributed by atoms with Gasteiger partial charge in [-0.25, -0.2) is 0 Å². The Balaban J connectivity index is 0.00000288. The maximum atomic E-state index is 5.65. The highest BCUT2D eigenvalue weighted by Gasteiger charge is 2.09. The second-order valence-corrected chi connectivity index (χ2v) is 5.29. The van der Waals surface area contributed by atoms with Crippen LogP contribution in [0.1, 0.15) is 17.0 Å². The molecule has 0 bridgehead atoms. The Labute approximate surface area is 160 Å². The molecule has 0 spiro atoms. The number of hydrogen-bond acceptors (Lipinski definition) is 3. The lowest BCUT2D eigenvalue weighted by atomic mass is 10.2. The molecule has 0 aliphatic carbocycles. The molecule has 2 N–H and O–H groups in total. The van der Waals surface area contributed by atoms with E-state index in [1.807, 2.05) is 49.0 Å². The van der Waals surface area contributed by atoms with Crippen LogP contribution in [-0.4, -0.2) is 35.9 Å². The lowest BCUT2D eigenvalue weighted by molar-refractivity contribution is 0.322. The minimum Gasteiger partial charge on any atom is -0.492 e. The first-order chi connectivity index (χ1) is 11.1. The number of benzene rings is 1. The van der Waals surface area contributed by atoms with Crippen LogP contribution in [0.5, 0.6) is 5.75 Å². The molecule has 6 nitrogen and oxygen atoms in total. The summed E-state index contributed by atoms with van der Waals surface area (Å²) in [7, 11) is 3.72. The van der Waals surface area contributed by atoms with E-state index >= 15 is 0 Å². The van der Waals surface area contributed by atoms with Crippen LogP contribution in [0.15, 0.2) is 35.3 Å². The normalized spacial score (nSPS) is 10.9. The summed E-state index contributed by atoms with van der Waals surface area (Å²) in [5.41, 5.74) is 3.41. The summed E-state index contributed by atoms with van der Waals surface area (Å²) in [5, 5.41) is 11.0. The van der Waals surface area contributed by atoms with Crippen molar-refractivity contribution < 1.29 is 4.74 Å². The van der Waals surface area contributed by atoms with Crippen molar-refractivity contribution in [1.82, 2.24) is 20.4 Å². The third-order valence-corrected chi connectivity index (χ3v) is 3.72. The zero-order valence-corrected chi connectivity index (χ0v) is 17.0. The zero-order chi connectivity index (χ0) is 16.7. The molecule has 0 unspecified atom stereocenters. The van der Waals surface area contributed by atoms with E-state index in [0.717, 1.165) is 23.1 Å². The largest absolute Gasteiger partial charge is 0.492 e. The van der Waals surface area contributed by atoms with Gasteiger partial charge in [0.2, 0.25) is 0 Å². The van der Waals surface area contributed by atoms with Crippen molar-refractivity contribution in [2.75, 3.05) is 20.2 Å². The minimum absolute atomic E-state index is 0. The molecule has 1 aromatic heterocycles. The number of nitrogens with zero attached hydrogens (tertiary/aromatic N) is 3. The second kappa shape index (κ2) is 10.2. The minimum atomic E-state index is 0. The molecule has 2 aromatic rings. The van der Waals surface area contributed by atoms with Gasteiger partial charge in [0.15, 0.2) is 5.96 Å². The summed E-state index contributed by atoms with van der Waals surface area (Å²) in [4.78, 5) is 4.23. The van der Waals surface area contributed by atoms with Crippen molar-refractivity contribution >= 4 is 29.9 Å². The highest BCUT2D eigenvalue weighted by Crippen LogP contribution is 2.11. The lowest BCUT2D eigenvalue weighted by Gasteiger charge is -2.12. The second-order valence-electron chi connectivity index (χ2n) is 5.29. The molecule has 0 fully saturated rings. The van der Waals surface area contributed by atoms with E-state index in [0.29, 0.717) is 19.7 Å². The topological polar surface area (TPSA) is 63.5 Å². The SMILES string of the molecule is CN=C(NCCOc1ccccc1)NCc1c(C)nn(C)c1C.I. The van der Waals surface area contributed by atoms with E-state index in [1.165, 1.54) is 5.56 Å². The Morgan fingerprint density at radius 3 is 2.50 bits per heavy atom. The maximum Gasteiger partial charge on any atom is 0.191 e. The van der Waals surface area contributed by atoms with Gasteiger partial charge in [0.1, 0.15) is 12.4 Å². The van der Waals surface area contributed by atoms with Crippen molar-refractivity contribution in [2.24, 2.45) is 12.0 Å². The van der Waals surface area contributed by atoms with Crippen LogP contribution in [0.2, 0.25) is 0 Å². The van der Waals surface area contributed by atoms with Crippen molar-refractivity contribution in [1.29, 1.82) is 0 Å². The summed E-state index contributed by atoms with van der Waals surface area (Å²) in [6.45, 7) is 6.05. The first kappa shape index (κ1) is 20.3. The molecule has 0 aliphatic rings. The quantitative estimate of drug-likeness (QED) is 0.312. The average Bonchev–Trinajstić information content (AvgIpc) is 2.80. The van der Waals surface area contributed by atoms with Crippen LogP contribution in [0.4, 0.5) is 0 Å². The Morgan fingerprint density at radius 2 is 1.92 bits per heavy atom. The number of nitrogens with one attached hydrogen (secondary N) is 2. The summed E-state index contributed by atoms with van der Waals surface area (Å²) < 4.78 is 7.55. The molecule has 0 aliphatic heterocycles. The lowest BCUT2D eigenvalue weighted by Crippen LogP contribution is -2.39. The number of aliphatic imine (C=N–C) groups is 1. The fraction of sp³-hybridized carbons (Fsp3) is 0.412. The highest BCUT2D eigenvalue weighted by molar-refractivity contribution is 14.0. The van der Waals surface area contributed by atoms with Gasteiger partial charge in [-0.3, -0.25) is 9.67 Å². The number of aryl methyl sites for hydroxylation is 2. The molecule has 0 amide bonds. The van der Waals surface area contributed by atoms with Gasteiger partial charge in [0, 0.05) is 31.9 Å². The highest BCUT2D eigenvalue weighted by atomic mass is 127. The summed E-state index contributed by atoms with van der Waals surface area (Å²) >= 11 is 0. The van der Waals surface area contributed by atoms with Crippen LogP contribution in [0, 0.1) is 13.8 Å². The van der Waals surface area contributed by atoms with Gasteiger partial charge in [0.05, 0.1) is 12.2 Å². The van der Waals surface area contributed by atoms with Gasteiger partial charge < -0.3 is 15.4 Å². The number of guanidine groups is 1. The fourth-order valence-corrected chi connectivity index (χ4v) is 2.32. The molecule has 1 heterocycles. The van der Waals surface area contributed by atoms with E-state index in [1.54, 1.807) is 7.05 Å². The van der Waals surface area contributed by atoms with E-state index < -0.39 is 0 Å². The number of hydrogen-bond donors (Lipinski definition) is 2. The predicted octanol–water partition coefficient (Wildman–Crippen LogP) is 2.40. The van der Waals surface area contributed by atoms with Crippen molar-refractivity contribution in [3.05, 3.63) is 47.3 Å². The third-order valence-electron chi connectivity index (χ3n) is 3.72. The molecule has 2 rings (SSSR count). The molecule has 0 atom stereocenters. The molecule has 7 heteroatoms. The van der Waals surface area contributed by atoms with Crippen molar-refractivity contribution in [3.63, 3.8) is 0 Å². The van der Waals surface area contributed by atoms with Crippen LogP contribution in [0.3, 0.4) is 0 Å². The van der Waals surface area contributed by atoms with Crippen molar-refractivity contribution in [3.8, 4) is 5.75 Å². The first-order valence-electron chi connectivity index (χ1n) is 7.73. The number of aromatic nitrogens is 2. The Bertz CT molecular complexity index is 655. The van der Waals surface area contributed by atoms with Crippen LogP contribution in [-0.2, 0) is 13.6 Å². The fourth-order valence-electron chi connectivity index (χ4n) is 2.32. The summed E-state index contributed by atoms with van der Waals surface area (Å²) in [6.07, 6.45) is 0. The van der Waals surface area contributed by atoms with Crippen LogP contribution in [0.25, 0.3) is 0 Å². The molecule has 0 radical (unpaired) electrons. The van der Waals surface area contributed by atoms with Gasteiger partial charge >= 0.3 is 0 Å². The monoisotopic (exact) mass is 443 g/mol. The molecule has 0 saturated carbocycles. The standard InChI is InChI=1S/C17H25N5O.HI/c1-13-16(14(2)22(4)21-13)12-20-17(18-3)19-10-11-23-15-8-6-5-7-9-15;/h5-9H,10-12H2,1-4H3,(H2,18,19,20);1H. The van der Waals surface area contributed by atoms with Crippen LogP contribution >= 0.6 is 24.0 Å². The van der Waals surface area contributed by atoms with E-state index in [4.69, 9.17) is 4.74 Å². The molecular formula is C17H26IN5O. The summed E-state index contributed by atoms with van der Waals surface area (Å²) in [6, 6.07) is 9.78. The van der Waals surface area contributed by atoms with E-state index in [9.17, 15) is 0 Å². The first-order valence-corrected chi connectivity index (χ1v) is 7.73. The Kier molecular flexibility index (Phi) is 8.59. The van der Waals surface area contributed by atoms with E-state index in [2.05, 4.69) is 27.6 Å². The van der Waals surface area contributed by atoms with Crippen molar-refractivity contribution in [2.45, 2.75) is 20.4 Å². The van der Waals surface area contributed by atoms with Gasteiger partial charge in [0.25, 0.3) is 0 Å². The molecule has 132 valence electrons. The molecular weight excluding hydrogens is 417 g/mol. The maximum absolute atomic E-state index is 5.65. The predicted molar refractivity (Wildman–Crippen MR) is 108 cm³/mol. The number of ether oxygens (including phenoxy) is 1. The number of para-hydroxylation sites is 1. The number of rotatable bonds is 6. The average molecular weight is 443 g/mol. The van der Waals surface area contributed by atoms with Gasteiger partial charge in [-0.15, -0.1) is 24.0 Å².